The minimum atomic E-state index is -0.0864. The van der Waals surface area contributed by atoms with Gasteiger partial charge in [0.1, 0.15) is 12.4 Å². The van der Waals surface area contributed by atoms with Gasteiger partial charge in [0.05, 0.1) is 33.8 Å². The number of nitrogens with zero attached hydrogens (tertiary/aromatic N) is 4. The molecule has 6 nitrogen and oxygen atoms in total. The Labute approximate surface area is 163 Å². The van der Waals surface area contributed by atoms with Gasteiger partial charge < -0.3 is 9.88 Å². The van der Waals surface area contributed by atoms with Gasteiger partial charge in [-0.3, -0.25) is 4.79 Å². The Morgan fingerprint density at radius 1 is 1.04 bits per heavy atom. The molecule has 0 aliphatic carbocycles. The van der Waals surface area contributed by atoms with Crippen LogP contribution in [0, 0.1) is 13.8 Å². The van der Waals surface area contributed by atoms with E-state index in [1.54, 1.807) is 0 Å². The summed E-state index contributed by atoms with van der Waals surface area (Å²) in [6.45, 7) is 6.14. The van der Waals surface area contributed by atoms with Crippen LogP contribution in [0.25, 0.3) is 16.7 Å². The van der Waals surface area contributed by atoms with Crippen LogP contribution in [0.5, 0.6) is 0 Å². The molecule has 0 fully saturated rings. The summed E-state index contributed by atoms with van der Waals surface area (Å²) in [6, 6.07) is 17.8. The van der Waals surface area contributed by atoms with E-state index in [0.717, 1.165) is 46.0 Å². The molecule has 2 aromatic heterocycles. The van der Waals surface area contributed by atoms with Gasteiger partial charge in [0.2, 0.25) is 5.91 Å². The number of nitrogens with one attached hydrogen (secondary N) is 1. The molecule has 0 spiro atoms. The molecule has 2 aromatic carbocycles. The first kappa shape index (κ1) is 18.0. The molecule has 0 unspecified atom stereocenters. The SMILES string of the molecule is CCc1nc2ccccc2n1CC(=O)Nc1c(C)nn(-c2ccccc2)c1C. The first-order valence-electron chi connectivity index (χ1n) is 9.44. The molecule has 0 radical (unpaired) electrons. The average molecular weight is 373 g/mol. The molecule has 0 bridgehead atoms. The van der Waals surface area contributed by atoms with Gasteiger partial charge in [-0.25, -0.2) is 9.67 Å². The zero-order valence-corrected chi connectivity index (χ0v) is 16.3. The second-order valence-corrected chi connectivity index (χ2v) is 6.80. The number of rotatable bonds is 5. The topological polar surface area (TPSA) is 64.7 Å². The van der Waals surface area contributed by atoms with E-state index >= 15 is 0 Å². The van der Waals surface area contributed by atoms with Crippen molar-refractivity contribution in [1.29, 1.82) is 0 Å². The number of aryl methyl sites for hydroxylation is 2. The van der Waals surface area contributed by atoms with Gasteiger partial charge in [-0.2, -0.15) is 5.10 Å². The van der Waals surface area contributed by atoms with E-state index in [4.69, 9.17) is 0 Å². The number of imidazole rings is 1. The molecule has 0 aliphatic rings. The van der Waals surface area contributed by atoms with Crippen molar-refractivity contribution in [3.05, 3.63) is 71.8 Å². The largest absolute Gasteiger partial charge is 0.321 e. The van der Waals surface area contributed by atoms with Gasteiger partial charge in [-0.05, 0) is 38.1 Å². The summed E-state index contributed by atoms with van der Waals surface area (Å²) < 4.78 is 3.84. The number of hydrogen-bond acceptors (Lipinski definition) is 3. The highest BCUT2D eigenvalue weighted by Gasteiger charge is 2.17. The van der Waals surface area contributed by atoms with E-state index in [2.05, 4.69) is 15.4 Å². The Balaban J connectivity index is 1.61. The van der Waals surface area contributed by atoms with Gasteiger partial charge in [-0.1, -0.05) is 37.3 Å². The highest BCUT2D eigenvalue weighted by atomic mass is 16.2. The Hall–Kier alpha value is -3.41. The molecule has 0 saturated heterocycles. The standard InChI is InChI=1S/C22H23N5O/c1-4-20-23-18-12-8-9-13-19(18)26(20)14-21(28)24-22-15(2)25-27(16(22)3)17-10-6-5-7-11-17/h5-13H,4,14H2,1-3H3,(H,24,28). The lowest BCUT2D eigenvalue weighted by molar-refractivity contribution is -0.116. The molecule has 2 heterocycles. The third-order valence-corrected chi connectivity index (χ3v) is 4.91. The predicted molar refractivity (Wildman–Crippen MR) is 111 cm³/mol. The first-order chi connectivity index (χ1) is 13.6. The van der Waals surface area contributed by atoms with E-state index in [1.807, 2.05) is 84.6 Å². The molecule has 142 valence electrons. The van der Waals surface area contributed by atoms with Crippen molar-refractivity contribution in [2.75, 3.05) is 5.32 Å². The number of para-hydroxylation sites is 3. The van der Waals surface area contributed by atoms with Crippen molar-refractivity contribution in [2.24, 2.45) is 0 Å². The number of benzene rings is 2. The van der Waals surface area contributed by atoms with Gasteiger partial charge >= 0.3 is 0 Å². The number of carbonyl (C=O) groups excluding carboxylic acids is 1. The second kappa shape index (κ2) is 7.31. The fraction of sp³-hybridized carbons (Fsp3) is 0.227. The smallest absolute Gasteiger partial charge is 0.244 e. The van der Waals surface area contributed by atoms with E-state index in [9.17, 15) is 4.79 Å². The molecular weight excluding hydrogens is 350 g/mol. The van der Waals surface area contributed by atoms with Crippen LogP contribution in [0.3, 0.4) is 0 Å². The third kappa shape index (κ3) is 3.17. The van der Waals surface area contributed by atoms with Gasteiger partial charge in [0, 0.05) is 6.42 Å². The maximum atomic E-state index is 12.8. The fourth-order valence-electron chi connectivity index (χ4n) is 3.54. The molecule has 6 heteroatoms. The average Bonchev–Trinajstić information content (AvgIpc) is 3.21. The van der Waals surface area contributed by atoms with Crippen molar-refractivity contribution >= 4 is 22.6 Å². The zero-order chi connectivity index (χ0) is 19.7. The van der Waals surface area contributed by atoms with Crippen LogP contribution in [-0.2, 0) is 17.8 Å². The fourth-order valence-corrected chi connectivity index (χ4v) is 3.54. The Morgan fingerprint density at radius 3 is 2.50 bits per heavy atom. The van der Waals surface area contributed by atoms with E-state index < -0.39 is 0 Å². The first-order valence-corrected chi connectivity index (χ1v) is 9.44. The summed E-state index contributed by atoms with van der Waals surface area (Å²) in [7, 11) is 0. The monoisotopic (exact) mass is 373 g/mol. The molecule has 28 heavy (non-hydrogen) atoms. The molecule has 0 aliphatic heterocycles. The van der Waals surface area contributed by atoms with Crippen LogP contribution >= 0.6 is 0 Å². The summed E-state index contributed by atoms with van der Waals surface area (Å²) in [5.41, 5.74) is 5.32. The van der Waals surface area contributed by atoms with E-state index in [0.29, 0.717) is 0 Å². The van der Waals surface area contributed by atoms with Gasteiger partial charge in [0.25, 0.3) is 0 Å². The molecule has 4 rings (SSSR count). The zero-order valence-electron chi connectivity index (χ0n) is 16.3. The second-order valence-electron chi connectivity index (χ2n) is 6.80. The van der Waals surface area contributed by atoms with Crippen molar-refractivity contribution in [1.82, 2.24) is 19.3 Å². The minimum Gasteiger partial charge on any atom is -0.321 e. The van der Waals surface area contributed by atoms with Gasteiger partial charge in [-0.15, -0.1) is 0 Å². The van der Waals surface area contributed by atoms with Crippen LogP contribution < -0.4 is 5.32 Å². The van der Waals surface area contributed by atoms with Crippen LogP contribution in [0.1, 0.15) is 24.1 Å². The van der Waals surface area contributed by atoms with Crippen LogP contribution in [0.2, 0.25) is 0 Å². The molecule has 4 aromatic rings. The summed E-state index contributed by atoms with van der Waals surface area (Å²) in [5.74, 6) is 0.821. The maximum Gasteiger partial charge on any atom is 0.244 e. The van der Waals surface area contributed by atoms with Crippen molar-refractivity contribution < 1.29 is 4.79 Å². The van der Waals surface area contributed by atoms with Crippen molar-refractivity contribution in [3.8, 4) is 5.69 Å². The third-order valence-electron chi connectivity index (χ3n) is 4.91. The number of amides is 1. The molecule has 0 atom stereocenters. The van der Waals surface area contributed by atoms with E-state index in [1.165, 1.54) is 0 Å². The Kier molecular flexibility index (Phi) is 4.69. The number of aromatic nitrogens is 4. The van der Waals surface area contributed by atoms with Crippen LogP contribution in [-0.4, -0.2) is 25.2 Å². The quantitative estimate of drug-likeness (QED) is 0.574. The molecular formula is C22H23N5O. The predicted octanol–water partition coefficient (Wildman–Crippen LogP) is 4.04. The normalized spacial score (nSPS) is 11.1. The summed E-state index contributed by atoms with van der Waals surface area (Å²) in [6.07, 6.45) is 0.770. The minimum absolute atomic E-state index is 0.0864. The van der Waals surface area contributed by atoms with Gasteiger partial charge in [0.15, 0.2) is 0 Å². The molecule has 1 amide bonds. The Morgan fingerprint density at radius 2 is 1.75 bits per heavy atom. The number of carbonyl (C=O) groups is 1. The lowest BCUT2D eigenvalue weighted by Crippen LogP contribution is -2.20. The summed E-state index contributed by atoms with van der Waals surface area (Å²) >= 11 is 0. The summed E-state index contributed by atoms with van der Waals surface area (Å²) in [5, 5.41) is 7.65. The lowest BCUT2D eigenvalue weighted by Gasteiger charge is -2.10. The van der Waals surface area contributed by atoms with E-state index in [-0.39, 0.29) is 12.5 Å². The highest BCUT2D eigenvalue weighted by molar-refractivity contribution is 5.93. The molecule has 0 saturated carbocycles. The number of fused-ring (bicyclic) bond motifs is 1. The maximum absolute atomic E-state index is 12.8. The van der Waals surface area contributed by atoms with Crippen LogP contribution in [0.15, 0.2) is 54.6 Å². The summed E-state index contributed by atoms with van der Waals surface area (Å²) in [4.78, 5) is 17.5. The molecule has 1 N–H and O–H groups in total. The van der Waals surface area contributed by atoms with Crippen molar-refractivity contribution in [3.63, 3.8) is 0 Å². The Bertz CT molecular complexity index is 1140. The number of anilines is 1. The highest BCUT2D eigenvalue weighted by Crippen LogP contribution is 2.23. The van der Waals surface area contributed by atoms with Crippen molar-refractivity contribution in [2.45, 2.75) is 33.7 Å². The lowest BCUT2D eigenvalue weighted by atomic mass is 10.3. The number of hydrogen-bond donors (Lipinski definition) is 1. The van der Waals surface area contributed by atoms with Crippen LogP contribution in [0.4, 0.5) is 5.69 Å².